The van der Waals surface area contributed by atoms with Crippen LogP contribution in [0.15, 0.2) is 53.4 Å². The van der Waals surface area contributed by atoms with Gasteiger partial charge < -0.3 is 10.1 Å². The van der Waals surface area contributed by atoms with Crippen molar-refractivity contribution in [2.45, 2.75) is 4.90 Å². The van der Waals surface area contributed by atoms with Gasteiger partial charge in [0.1, 0.15) is 5.75 Å². The second-order valence-corrected chi connectivity index (χ2v) is 6.12. The number of benzene rings is 2. The number of sulfonamides is 1. The van der Waals surface area contributed by atoms with Crippen LogP contribution in [0.3, 0.4) is 0 Å². The predicted molar refractivity (Wildman–Crippen MR) is 83.6 cm³/mol. The first-order chi connectivity index (χ1) is 10.5. The van der Waals surface area contributed by atoms with Crippen LogP contribution in [0.4, 0.5) is 5.69 Å². The number of hydrogen-bond donors (Lipinski definition) is 2. The van der Waals surface area contributed by atoms with E-state index in [4.69, 9.17) is 4.74 Å². The number of hydrogen-bond acceptors (Lipinski definition) is 4. The van der Waals surface area contributed by atoms with Crippen molar-refractivity contribution in [2.24, 2.45) is 0 Å². The average Bonchev–Trinajstić information content (AvgIpc) is 2.54. The van der Waals surface area contributed by atoms with Crippen molar-refractivity contribution in [3.63, 3.8) is 0 Å². The number of nitrogens with one attached hydrogen (secondary N) is 2. The molecule has 116 valence electrons. The zero-order valence-corrected chi connectivity index (χ0v) is 13.0. The molecular formula is C15H16N2O4S. The van der Waals surface area contributed by atoms with Gasteiger partial charge >= 0.3 is 0 Å². The monoisotopic (exact) mass is 320 g/mol. The van der Waals surface area contributed by atoms with Crippen molar-refractivity contribution in [2.75, 3.05) is 18.9 Å². The fourth-order valence-corrected chi connectivity index (χ4v) is 2.89. The molecule has 0 fully saturated rings. The van der Waals surface area contributed by atoms with Crippen molar-refractivity contribution in [1.29, 1.82) is 0 Å². The molecule has 0 bridgehead atoms. The molecule has 2 aromatic rings. The number of rotatable bonds is 5. The first-order valence-corrected chi connectivity index (χ1v) is 7.93. The minimum Gasteiger partial charge on any atom is -0.497 e. The van der Waals surface area contributed by atoms with E-state index in [-0.39, 0.29) is 10.8 Å². The third kappa shape index (κ3) is 3.56. The molecule has 1 amide bonds. The van der Waals surface area contributed by atoms with Gasteiger partial charge in [0.15, 0.2) is 0 Å². The van der Waals surface area contributed by atoms with Gasteiger partial charge in [-0.1, -0.05) is 6.07 Å². The third-order valence-corrected chi connectivity index (χ3v) is 4.37. The molecule has 0 heterocycles. The van der Waals surface area contributed by atoms with Crippen molar-refractivity contribution >= 4 is 21.6 Å². The minimum absolute atomic E-state index is 0.110. The summed E-state index contributed by atoms with van der Waals surface area (Å²) in [5.74, 6) is 0.283. The third-order valence-electron chi connectivity index (χ3n) is 2.97. The summed E-state index contributed by atoms with van der Waals surface area (Å²) in [5.41, 5.74) is 0.689. The van der Waals surface area contributed by atoms with Gasteiger partial charge in [0.2, 0.25) is 0 Å². The van der Waals surface area contributed by atoms with E-state index in [1.807, 2.05) is 0 Å². The highest BCUT2D eigenvalue weighted by atomic mass is 32.2. The van der Waals surface area contributed by atoms with E-state index in [2.05, 4.69) is 10.0 Å². The first kappa shape index (κ1) is 15.8. The van der Waals surface area contributed by atoms with Crippen LogP contribution in [0.25, 0.3) is 0 Å². The summed E-state index contributed by atoms with van der Waals surface area (Å²) in [5, 5.41) is 2.49. The summed E-state index contributed by atoms with van der Waals surface area (Å²) in [6.07, 6.45) is 0. The summed E-state index contributed by atoms with van der Waals surface area (Å²) >= 11 is 0. The molecule has 0 saturated heterocycles. The SMILES string of the molecule is CNC(=O)c1cccc(NS(=O)(=O)c2ccc(OC)cc2)c1. The van der Waals surface area contributed by atoms with Crippen molar-refractivity contribution in [3.8, 4) is 5.75 Å². The van der Waals surface area contributed by atoms with Crippen LogP contribution in [0.5, 0.6) is 5.75 Å². The normalized spacial score (nSPS) is 10.8. The van der Waals surface area contributed by atoms with Crippen molar-refractivity contribution in [1.82, 2.24) is 5.32 Å². The number of carbonyl (C=O) groups excluding carboxylic acids is 1. The molecule has 22 heavy (non-hydrogen) atoms. The molecule has 2 N–H and O–H groups in total. The predicted octanol–water partition coefficient (Wildman–Crippen LogP) is 1.86. The van der Waals surface area contributed by atoms with Crippen LogP contribution in [-0.4, -0.2) is 28.5 Å². The molecular weight excluding hydrogens is 304 g/mol. The topological polar surface area (TPSA) is 84.5 Å². The smallest absolute Gasteiger partial charge is 0.261 e. The summed E-state index contributed by atoms with van der Waals surface area (Å²) in [6.45, 7) is 0. The lowest BCUT2D eigenvalue weighted by atomic mass is 10.2. The molecule has 0 aliphatic rings. The summed E-state index contributed by atoms with van der Waals surface area (Å²) in [6, 6.07) is 12.3. The molecule has 0 atom stereocenters. The number of carbonyl (C=O) groups is 1. The summed E-state index contributed by atoms with van der Waals surface area (Å²) < 4.78 is 32.0. The lowest BCUT2D eigenvalue weighted by molar-refractivity contribution is 0.0963. The molecule has 0 aliphatic heterocycles. The van der Waals surface area contributed by atoms with Crippen LogP contribution in [0.1, 0.15) is 10.4 Å². The van der Waals surface area contributed by atoms with E-state index in [1.165, 1.54) is 32.4 Å². The quantitative estimate of drug-likeness (QED) is 0.880. The Morgan fingerprint density at radius 1 is 1.09 bits per heavy atom. The Kier molecular flexibility index (Phi) is 4.67. The maximum atomic E-state index is 12.3. The molecule has 0 spiro atoms. The minimum atomic E-state index is -3.72. The second-order valence-electron chi connectivity index (χ2n) is 4.44. The summed E-state index contributed by atoms with van der Waals surface area (Å²) in [4.78, 5) is 11.7. The molecule has 6 nitrogen and oxygen atoms in total. The standard InChI is InChI=1S/C15H16N2O4S/c1-16-15(18)11-4-3-5-12(10-11)17-22(19,20)14-8-6-13(21-2)7-9-14/h3-10,17H,1-2H3,(H,16,18). The number of anilines is 1. The molecule has 0 aromatic heterocycles. The Morgan fingerprint density at radius 2 is 1.77 bits per heavy atom. The molecule has 0 saturated carbocycles. The Morgan fingerprint density at radius 3 is 2.36 bits per heavy atom. The van der Waals surface area contributed by atoms with Gasteiger partial charge in [-0.25, -0.2) is 8.42 Å². The highest BCUT2D eigenvalue weighted by molar-refractivity contribution is 7.92. The Hall–Kier alpha value is -2.54. The van der Waals surface area contributed by atoms with Crippen LogP contribution in [-0.2, 0) is 10.0 Å². The van der Waals surface area contributed by atoms with Gasteiger partial charge in [0.25, 0.3) is 15.9 Å². The average molecular weight is 320 g/mol. The van der Waals surface area contributed by atoms with Gasteiger partial charge in [-0.15, -0.1) is 0 Å². The van der Waals surface area contributed by atoms with Gasteiger partial charge in [-0.3, -0.25) is 9.52 Å². The molecule has 2 rings (SSSR count). The second kappa shape index (κ2) is 6.48. The lowest BCUT2D eigenvalue weighted by Crippen LogP contribution is -2.18. The lowest BCUT2D eigenvalue weighted by Gasteiger charge is -2.09. The first-order valence-electron chi connectivity index (χ1n) is 6.45. The Bertz CT molecular complexity index is 770. The van der Waals surface area contributed by atoms with E-state index < -0.39 is 10.0 Å². The van der Waals surface area contributed by atoms with Gasteiger partial charge in [-0.05, 0) is 42.5 Å². The summed E-state index contributed by atoms with van der Waals surface area (Å²) in [7, 11) is -0.708. The maximum absolute atomic E-state index is 12.3. The molecule has 2 aromatic carbocycles. The Labute approximate surface area is 129 Å². The van der Waals surface area contributed by atoms with Crippen LogP contribution < -0.4 is 14.8 Å². The zero-order chi connectivity index (χ0) is 16.2. The van der Waals surface area contributed by atoms with E-state index in [1.54, 1.807) is 30.3 Å². The van der Waals surface area contributed by atoms with E-state index in [0.717, 1.165) is 0 Å². The number of methoxy groups -OCH3 is 1. The fourth-order valence-electron chi connectivity index (χ4n) is 1.84. The van der Waals surface area contributed by atoms with Gasteiger partial charge in [-0.2, -0.15) is 0 Å². The van der Waals surface area contributed by atoms with Crippen LogP contribution in [0.2, 0.25) is 0 Å². The molecule has 0 radical (unpaired) electrons. The fraction of sp³-hybridized carbons (Fsp3) is 0.133. The van der Waals surface area contributed by atoms with Crippen molar-refractivity contribution in [3.05, 3.63) is 54.1 Å². The van der Waals surface area contributed by atoms with Crippen LogP contribution in [0, 0.1) is 0 Å². The maximum Gasteiger partial charge on any atom is 0.261 e. The highest BCUT2D eigenvalue weighted by Crippen LogP contribution is 2.19. The van der Waals surface area contributed by atoms with E-state index >= 15 is 0 Å². The van der Waals surface area contributed by atoms with Gasteiger partial charge in [0.05, 0.1) is 12.0 Å². The molecule has 0 unspecified atom stereocenters. The molecule has 7 heteroatoms. The molecule has 0 aliphatic carbocycles. The van der Waals surface area contributed by atoms with E-state index in [9.17, 15) is 13.2 Å². The number of ether oxygens (including phenoxy) is 1. The van der Waals surface area contributed by atoms with Crippen molar-refractivity contribution < 1.29 is 17.9 Å². The number of amides is 1. The largest absolute Gasteiger partial charge is 0.497 e. The van der Waals surface area contributed by atoms with Crippen LogP contribution >= 0.6 is 0 Å². The highest BCUT2D eigenvalue weighted by Gasteiger charge is 2.15. The zero-order valence-electron chi connectivity index (χ0n) is 12.2. The van der Waals surface area contributed by atoms with Gasteiger partial charge in [0, 0.05) is 18.3 Å². The Balaban J connectivity index is 2.26. The van der Waals surface area contributed by atoms with E-state index in [0.29, 0.717) is 17.0 Å².